The van der Waals surface area contributed by atoms with Crippen LogP contribution < -0.4 is 15.4 Å². The number of nitrogens with zero attached hydrogens (tertiary/aromatic N) is 4. The van der Waals surface area contributed by atoms with Crippen LogP contribution in [0.15, 0.2) is 79.4 Å². The standard InChI is InChI=1S/C32H26N6O3/c33-16-29-31(2-1-10-35-29)41-13-8-20-3-6-26-28(14-20)37-32(39)24-5-4-21(15-27(24)36-26)25-18-38(22-9-12-40-19-22)30-17-34-11-7-23(25)30/h1-7,10-11,14-15,17-18,22,36H,8-9,12-13,19H2,(H,37,39). The molecule has 3 aromatic heterocycles. The maximum Gasteiger partial charge on any atom is 0.257 e. The molecule has 1 fully saturated rings. The Hall–Kier alpha value is -5.20. The van der Waals surface area contributed by atoms with Gasteiger partial charge in [-0.2, -0.15) is 5.26 Å². The third kappa shape index (κ3) is 4.64. The Bertz CT molecular complexity index is 1830. The van der Waals surface area contributed by atoms with Crippen molar-refractivity contribution in [2.75, 3.05) is 30.5 Å². The van der Waals surface area contributed by atoms with Crippen molar-refractivity contribution in [3.63, 3.8) is 0 Å². The molecule has 1 saturated heterocycles. The van der Waals surface area contributed by atoms with Gasteiger partial charge in [0.2, 0.25) is 0 Å². The molecule has 2 aliphatic heterocycles. The molecule has 41 heavy (non-hydrogen) atoms. The van der Waals surface area contributed by atoms with E-state index in [0.29, 0.717) is 36.6 Å². The second kappa shape index (κ2) is 10.4. The summed E-state index contributed by atoms with van der Waals surface area (Å²) in [4.78, 5) is 21.6. The summed E-state index contributed by atoms with van der Waals surface area (Å²) in [5.74, 6) is 0.289. The van der Waals surface area contributed by atoms with Crippen molar-refractivity contribution in [3.8, 4) is 22.9 Å². The fraction of sp³-hybridized carbons (Fsp3) is 0.188. The summed E-state index contributed by atoms with van der Waals surface area (Å²) < 4.78 is 13.7. The zero-order valence-electron chi connectivity index (χ0n) is 22.1. The summed E-state index contributed by atoms with van der Waals surface area (Å²) in [5, 5.41) is 16.9. The summed E-state index contributed by atoms with van der Waals surface area (Å²) >= 11 is 0. The van der Waals surface area contributed by atoms with Crippen LogP contribution in [0.4, 0.5) is 17.1 Å². The van der Waals surface area contributed by atoms with Crippen LogP contribution in [0, 0.1) is 11.3 Å². The van der Waals surface area contributed by atoms with Crippen LogP contribution in [0.2, 0.25) is 0 Å². The van der Waals surface area contributed by atoms with Crippen molar-refractivity contribution < 1.29 is 14.3 Å². The van der Waals surface area contributed by atoms with Gasteiger partial charge in [-0.15, -0.1) is 0 Å². The molecule has 202 valence electrons. The van der Waals surface area contributed by atoms with Gasteiger partial charge in [-0.25, -0.2) is 4.98 Å². The maximum atomic E-state index is 13.2. The van der Waals surface area contributed by atoms with Crippen LogP contribution in [0.25, 0.3) is 22.0 Å². The molecule has 1 amide bonds. The van der Waals surface area contributed by atoms with Crippen molar-refractivity contribution in [1.82, 2.24) is 14.5 Å². The highest BCUT2D eigenvalue weighted by atomic mass is 16.5. The lowest BCUT2D eigenvalue weighted by Crippen LogP contribution is -2.11. The Kier molecular flexibility index (Phi) is 6.30. The highest BCUT2D eigenvalue weighted by molar-refractivity contribution is 6.13. The molecule has 0 spiro atoms. The fourth-order valence-electron chi connectivity index (χ4n) is 5.55. The third-order valence-corrected chi connectivity index (χ3v) is 7.64. The van der Waals surface area contributed by atoms with E-state index in [9.17, 15) is 10.1 Å². The molecule has 1 atom stereocenters. The highest BCUT2D eigenvalue weighted by Crippen LogP contribution is 2.38. The van der Waals surface area contributed by atoms with Gasteiger partial charge in [0.15, 0.2) is 11.4 Å². The molecule has 9 heteroatoms. The van der Waals surface area contributed by atoms with Crippen LogP contribution in [-0.4, -0.2) is 40.3 Å². The number of hydrogen-bond acceptors (Lipinski definition) is 7. The molecule has 2 aromatic carbocycles. The Balaban J connectivity index is 1.15. The van der Waals surface area contributed by atoms with Gasteiger partial charge in [-0.3, -0.25) is 9.78 Å². The maximum absolute atomic E-state index is 13.2. The second-order valence-electron chi connectivity index (χ2n) is 10.1. The van der Waals surface area contributed by atoms with E-state index < -0.39 is 0 Å². The average Bonchev–Trinajstić information content (AvgIpc) is 3.64. The molecule has 0 saturated carbocycles. The third-order valence-electron chi connectivity index (χ3n) is 7.64. The topological polar surface area (TPSA) is 114 Å². The van der Waals surface area contributed by atoms with Gasteiger partial charge in [0.1, 0.15) is 6.07 Å². The SMILES string of the molecule is N#Cc1ncccc1OCCc1ccc2c(c1)NC(=O)c1ccc(-c3cn(C4CCOC4)c4cnccc34)cc1N2. The largest absolute Gasteiger partial charge is 0.490 e. The Labute approximate surface area is 236 Å². The number of ether oxygens (including phenoxy) is 2. The van der Waals surface area contributed by atoms with E-state index in [1.807, 2.05) is 60.9 Å². The number of amides is 1. The molecule has 2 aliphatic rings. The number of hydrogen-bond donors (Lipinski definition) is 2. The zero-order valence-corrected chi connectivity index (χ0v) is 22.1. The first kappa shape index (κ1) is 24.8. The number of anilines is 3. The first-order valence-corrected chi connectivity index (χ1v) is 13.5. The van der Waals surface area contributed by atoms with E-state index in [2.05, 4.69) is 31.4 Å². The van der Waals surface area contributed by atoms with Gasteiger partial charge in [-0.1, -0.05) is 12.1 Å². The van der Waals surface area contributed by atoms with Gasteiger partial charge >= 0.3 is 0 Å². The minimum Gasteiger partial charge on any atom is -0.490 e. The highest BCUT2D eigenvalue weighted by Gasteiger charge is 2.23. The molecule has 0 aliphatic carbocycles. The van der Waals surface area contributed by atoms with Crippen molar-refractivity contribution in [3.05, 3.63) is 96.2 Å². The minimum atomic E-state index is -0.171. The van der Waals surface area contributed by atoms with Gasteiger partial charge < -0.3 is 24.7 Å². The van der Waals surface area contributed by atoms with Gasteiger partial charge in [-0.05, 0) is 60.0 Å². The van der Waals surface area contributed by atoms with Gasteiger partial charge in [0, 0.05) is 42.6 Å². The molecular formula is C32H26N6O3. The fourth-order valence-corrected chi connectivity index (χ4v) is 5.55. The van der Waals surface area contributed by atoms with Crippen LogP contribution >= 0.6 is 0 Å². The predicted molar refractivity (Wildman–Crippen MR) is 155 cm³/mol. The molecule has 1 unspecified atom stereocenters. The summed E-state index contributed by atoms with van der Waals surface area (Å²) in [5.41, 5.74) is 7.28. The lowest BCUT2D eigenvalue weighted by atomic mass is 10.0. The number of fused-ring (bicyclic) bond motifs is 3. The van der Waals surface area contributed by atoms with E-state index in [1.54, 1.807) is 18.3 Å². The quantitative estimate of drug-likeness (QED) is 0.276. The molecule has 5 heterocycles. The lowest BCUT2D eigenvalue weighted by Gasteiger charge is -2.12. The van der Waals surface area contributed by atoms with E-state index in [0.717, 1.165) is 52.0 Å². The predicted octanol–water partition coefficient (Wildman–Crippen LogP) is 5.86. The van der Waals surface area contributed by atoms with Gasteiger partial charge in [0.05, 0.1) is 53.6 Å². The zero-order chi connectivity index (χ0) is 27.8. The minimum absolute atomic E-state index is 0.171. The number of carbonyl (C=O) groups is 1. The molecule has 2 N–H and O–H groups in total. The Morgan fingerprint density at radius 2 is 2.00 bits per heavy atom. The van der Waals surface area contributed by atoms with Crippen LogP contribution in [0.1, 0.15) is 34.1 Å². The van der Waals surface area contributed by atoms with Crippen molar-refractivity contribution in [1.29, 1.82) is 5.26 Å². The lowest BCUT2D eigenvalue weighted by molar-refractivity contribution is 0.102. The number of pyridine rings is 2. The number of carbonyl (C=O) groups excluding carboxylic acids is 1. The monoisotopic (exact) mass is 542 g/mol. The number of aromatic nitrogens is 3. The number of nitriles is 1. The molecule has 9 nitrogen and oxygen atoms in total. The number of nitrogens with one attached hydrogen (secondary N) is 2. The van der Waals surface area contributed by atoms with Crippen molar-refractivity contribution in [2.45, 2.75) is 18.9 Å². The first-order chi connectivity index (χ1) is 20.2. The Morgan fingerprint density at radius 3 is 2.88 bits per heavy atom. The van der Waals surface area contributed by atoms with Gasteiger partial charge in [0.25, 0.3) is 5.91 Å². The van der Waals surface area contributed by atoms with E-state index in [1.165, 1.54) is 0 Å². The van der Waals surface area contributed by atoms with Crippen LogP contribution in [-0.2, 0) is 11.2 Å². The van der Waals surface area contributed by atoms with E-state index in [-0.39, 0.29) is 17.6 Å². The summed E-state index contributed by atoms with van der Waals surface area (Å²) in [6, 6.07) is 19.7. The summed E-state index contributed by atoms with van der Waals surface area (Å²) in [6.45, 7) is 1.83. The van der Waals surface area contributed by atoms with E-state index >= 15 is 0 Å². The molecule has 5 aromatic rings. The second-order valence-corrected chi connectivity index (χ2v) is 10.1. The van der Waals surface area contributed by atoms with E-state index in [4.69, 9.17) is 9.47 Å². The molecular weight excluding hydrogens is 516 g/mol. The van der Waals surface area contributed by atoms with Crippen molar-refractivity contribution in [2.24, 2.45) is 0 Å². The average molecular weight is 543 g/mol. The smallest absolute Gasteiger partial charge is 0.257 e. The molecule has 0 bridgehead atoms. The number of benzene rings is 2. The van der Waals surface area contributed by atoms with Crippen LogP contribution in [0.3, 0.4) is 0 Å². The Morgan fingerprint density at radius 1 is 1.05 bits per heavy atom. The first-order valence-electron chi connectivity index (χ1n) is 13.5. The number of rotatable bonds is 6. The summed E-state index contributed by atoms with van der Waals surface area (Å²) in [7, 11) is 0. The summed E-state index contributed by atoms with van der Waals surface area (Å²) in [6.07, 6.45) is 9.04. The normalized spacial score (nSPS) is 15.8. The molecule has 0 radical (unpaired) electrons. The van der Waals surface area contributed by atoms with Crippen LogP contribution in [0.5, 0.6) is 5.75 Å². The van der Waals surface area contributed by atoms with Crippen molar-refractivity contribution >= 4 is 33.9 Å². The molecule has 7 rings (SSSR count).